The molecule has 1 heterocycles. The summed E-state index contributed by atoms with van der Waals surface area (Å²) in [5.41, 5.74) is 2.38. The smallest absolute Gasteiger partial charge is 0.243 e. The lowest BCUT2D eigenvalue weighted by molar-refractivity contribution is 0.400. The number of halogens is 1. The fourth-order valence-electron chi connectivity index (χ4n) is 2.80. The summed E-state index contributed by atoms with van der Waals surface area (Å²) in [5, 5.41) is 0.0802. The first-order chi connectivity index (χ1) is 11.9. The molecule has 0 aliphatic carbocycles. The van der Waals surface area contributed by atoms with Crippen molar-refractivity contribution in [3.63, 3.8) is 0 Å². The number of fused-ring (bicyclic) bond motifs is 1. The van der Waals surface area contributed by atoms with Crippen LogP contribution in [0.1, 0.15) is 11.1 Å². The molecule has 0 saturated carbocycles. The second kappa shape index (κ2) is 6.95. The molecule has 3 rings (SSSR count). The fraction of sp³-hybridized carbons (Fsp3) is 0.222. The highest BCUT2D eigenvalue weighted by atomic mass is 32.2. The molecule has 0 aliphatic heterocycles. The van der Waals surface area contributed by atoms with E-state index < -0.39 is 15.8 Å². The zero-order chi connectivity index (χ0) is 18.0. The predicted molar refractivity (Wildman–Crippen MR) is 96.1 cm³/mol. The minimum Gasteiger partial charge on any atom is -0.360 e. The lowest BCUT2D eigenvalue weighted by Crippen LogP contribution is -2.24. The van der Waals surface area contributed by atoms with E-state index in [0.717, 1.165) is 11.1 Å². The van der Waals surface area contributed by atoms with Gasteiger partial charge in [-0.2, -0.15) is 0 Å². The van der Waals surface area contributed by atoms with Gasteiger partial charge in [0.25, 0.3) is 0 Å². The molecule has 0 amide bonds. The molecular weight excluding hydrogens is 341 g/mol. The Kier molecular flexibility index (Phi) is 4.89. The average molecular weight is 361 g/mol. The maximum atomic E-state index is 14.1. The monoisotopic (exact) mass is 361 g/mol. The molecule has 0 radical (unpaired) electrons. The predicted octanol–water partition coefficient (Wildman–Crippen LogP) is 2.85. The van der Waals surface area contributed by atoms with Crippen LogP contribution in [0.25, 0.3) is 10.9 Å². The van der Waals surface area contributed by atoms with E-state index in [1.54, 1.807) is 6.07 Å². The summed E-state index contributed by atoms with van der Waals surface area (Å²) in [5.74, 6) is -0.563. The van der Waals surface area contributed by atoms with Gasteiger partial charge in [-0.05, 0) is 37.4 Å². The molecule has 0 atom stereocenters. The number of rotatable bonds is 6. The van der Waals surface area contributed by atoms with Crippen LogP contribution in [0.2, 0.25) is 0 Å². The molecule has 2 N–H and O–H groups in total. The van der Waals surface area contributed by atoms with Gasteiger partial charge in [0.1, 0.15) is 10.7 Å². The highest BCUT2D eigenvalue weighted by molar-refractivity contribution is 7.89. The maximum absolute atomic E-state index is 14.1. The Bertz CT molecular complexity index is 996. The quantitative estimate of drug-likeness (QED) is 0.710. The van der Waals surface area contributed by atoms with E-state index in [0.29, 0.717) is 12.1 Å². The van der Waals surface area contributed by atoms with Gasteiger partial charge >= 0.3 is 0 Å². The molecule has 2 aromatic carbocycles. The molecule has 1 aromatic heterocycles. The van der Waals surface area contributed by atoms with Crippen molar-refractivity contribution >= 4 is 20.9 Å². The Morgan fingerprint density at radius 1 is 1.08 bits per heavy atom. The Labute approximate surface area is 146 Å². The van der Waals surface area contributed by atoms with Gasteiger partial charge in [-0.1, -0.05) is 30.3 Å². The van der Waals surface area contributed by atoms with Crippen LogP contribution in [0.4, 0.5) is 4.39 Å². The van der Waals surface area contributed by atoms with Gasteiger partial charge in [0.2, 0.25) is 10.0 Å². The molecule has 0 aliphatic rings. The molecule has 0 spiro atoms. The van der Waals surface area contributed by atoms with Gasteiger partial charge in [0.15, 0.2) is 0 Å². The van der Waals surface area contributed by atoms with Crippen molar-refractivity contribution in [3.8, 4) is 0 Å². The third-order valence-electron chi connectivity index (χ3n) is 3.97. The summed E-state index contributed by atoms with van der Waals surface area (Å²) < 4.78 is 42.0. The van der Waals surface area contributed by atoms with Crippen LogP contribution >= 0.6 is 0 Å². The Morgan fingerprint density at radius 2 is 1.80 bits per heavy atom. The molecule has 5 nitrogen and oxygen atoms in total. The lowest BCUT2D eigenvalue weighted by atomic mass is 10.1. The van der Waals surface area contributed by atoms with E-state index >= 15 is 0 Å². The lowest BCUT2D eigenvalue weighted by Gasteiger charge is -2.14. The standard InChI is InChI=1S/C18H20FN3O2S/c1-22(2)12-14-7-4-3-6-13(14)10-21-25(23,24)17-11-20-16-9-5-8-15(19)18(16)17/h3-9,11,20-21H,10,12H2,1-2H3. The van der Waals surface area contributed by atoms with Crippen molar-refractivity contribution in [1.29, 1.82) is 0 Å². The molecule has 0 unspecified atom stereocenters. The topological polar surface area (TPSA) is 65.2 Å². The zero-order valence-electron chi connectivity index (χ0n) is 14.1. The largest absolute Gasteiger partial charge is 0.360 e. The molecule has 0 fully saturated rings. The summed E-state index contributed by atoms with van der Waals surface area (Å²) in [6.45, 7) is 0.854. The van der Waals surface area contributed by atoms with Crippen molar-refractivity contribution in [1.82, 2.24) is 14.6 Å². The number of H-pyrrole nitrogens is 1. The number of nitrogens with one attached hydrogen (secondary N) is 2. The van der Waals surface area contributed by atoms with Crippen molar-refractivity contribution in [2.75, 3.05) is 14.1 Å². The molecule has 0 saturated heterocycles. The summed E-state index contributed by atoms with van der Waals surface area (Å²) in [4.78, 5) is 4.74. The molecule has 25 heavy (non-hydrogen) atoms. The number of sulfonamides is 1. The number of hydrogen-bond donors (Lipinski definition) is 2. The van der Waals surface area contributed by atoms with Gasteiger partial charge in [-0.15, -0.1) is 0 Å². The third-order valence-corrected chi connectivity index (χ3v) is 5.39. The van der Waals surface area contributed by atoms with Crippen molar-refractivity contribution in [2.45, 2.75) is 18.0 Å². The summed E-state index contributed by atoms with van der Waals surface area (Å²) in [6.07, 6.45) is 1.32. The van der Waals surface area contributed by atoms with E-state index in [9.17, 15) is 12.8 Å². The normalized spacial score (nSPS) is 12.2. The first kappa shape index (κ1) is 17.6. The second-order valence-electron chi connectivity index (χ2n) is 6.15. The second-order valence-corrected chi connectivity index (χ2v) is 7.88. The van der Waals surface area contributed by atoms with E-state index in [-0.39, 0.29) is 16.8 Å². The van der Waals surface area contributed by atoms with Crippen LogP contribution in [0.15, 0.2) is 53.6 Å². The molecule has 3 aromatic rings. The van der Waals surface area contributed by atoms with Crippen LogP contribution in [0, 0.1) is 5.82 Å². The van der Waals surface area contributed by atoms with Gasteiger partial charge in [-0.25, -0.2) is 17.5 Å². The van der Waals surface area contributed by atoms with Gasteiger partial charge in [0, 0.05) is 24.8 Å². The van der Waals surface area contributed by atoms with Crippen molar-refractivity contribution in [2.24, 2.45) is 0 Å². The van der Waals surface area contributed by atoms with E-state index in [1.807, 2.05) is 43.3 Å². The van der Waals surface area contributed by atoms with Crippen LogP contribution in [0.3, 0.4) is 0 Å². The first-order valence-electron chi connectivity index (χ1n) is 7.85. The number of benzene rings is 2. The van der Waals surface area contributed by atoms with E-state index in [2.05, 4.69) is 9.71 Å². The minimum atomic E-state index is -3.84. The van der Waals surface area contributed by atoms with Crippen LogP contribution in [0.5, 0.6) is 0 Å². The molecule has 0 bridgehead atoms. The van der Waals surface area contributed by atoms with Crippen molar-refractivity contribution in [3.05, 3.63) is 65.6 Å². The summed E-state index contributed by atoms with van der Waals surface area (Å²) >= 11 is 0. The molecule has 7 heteroatoms. The highest BCUT2D eigenvalue weighted by Gasteiger charge is 2.21. The third kappa shape index (κ3) is 3.73. The number of aromatic amines is 1. The molecular formula is C18H20FN3O2S. The highest BCUT2D eigenvalue weighted by Crippen LogP contribution is 2.25. The van der Waals surface area contributed by atoms with E-state index in [4.69, 9.17) is 0 Å². The van der Waals surface area contributed by atoms with E-state index in [1.165, 1.54) is 18.3 Å². The molecule has 132 valence electrons. The fourth-order valence-corrected chi connectivity index (χ4v) is 3.99. The zero-order valence-corrected chi connectivity index (χ0v) is 14.9. The van der Waals surface area contributed by atoms with Crippen LogP contribution in [-0.4, -0.2) is 32.4 Å². The number of aromatic nitrogens is 1. The van der Waals surface area contributed by atoms with Gasteiger partial charge < -0.3 is 9.88 Å². The maximum Gasteiger partial charge on any atom is 0.243 e. The Morgan fingerprint density at radius 3 is 2.52 bits per heavy atom. The Balaban J connectivity index is 1.88. The van der Waals surface area contributed by atoms with Gasteiger partial charge in [-0.3, -0.25) is 0 Å². The summed E-state index contributed by atoms with van der Waals surface area (Å²) in [6, 6.07) is 12.1. The van der Waals surface area contributed by atoms with Crippen molar-refractivity contribution < 1.29 is 12.8 Å². The number of nitrogens with zero attached hydrogens (tertiary/aromatic N) is 1. The van der Waals surface area contributed by atoms with Crippen LogP contribution in [-0.2, 0) is 23.1 Å². The minimum absolute atomic E-state index is 0.0781. The first-order valence-corrected chi connectivity index (χ1v) is 9.33. The number of hydrogen-bond acceptors (Lipinski definition) is 3. The average Bonchev–Trinajstić information content (AvgIpc) is 3.00. The Hall–Kier alpha value is -2.22. The van der Waals surface area contributed by atoms with Gasteiger partial charge in [0.05, 0.1) is 5.39 Å². The van der Waals surface area contributed by atoms with Crippen LogP contribution < -0.4 is 4.72 Å². The summed E-state index contributed by atoms with van der Waals surface area (Å²) in [7, 11) is 0.0638. The SMILES string of the molecule is CN(C)Cc1ccccc1CNS(=O)(=O)c1c[nH]c2cccc(F)c12.